The normalized spacial score (nSPS) is 38.0. The van der Waals surface area contributed by atoms with Gasteiger partial charge in [-0.1, -0.05) is 65.5 Å². The standard InChI is InChI=1S/C33H47N3O4/c1-20(2)7-6-8-21(3)24-11-12-25-23-10-9-22-19-33(37,18-17-31(22,4)26(23)15-16-32(24,25)5)27-13-14-28(36(38)39)30-29(27)34-40-35-30/h9,13-14,20-21,23-26,37H,6-8,10-12,15-19H2,1-5H3/t21-,23+,24-,25+,26+,31+,32-,33?/m1/s1. The Morgan fingerprint density at radius 3 is 2.58 bits per heavy atom. The van der Waals surface area contributed by atoms with Crippen molar-refractivity contribution < 1.29 is 14.7 Å². The van der Waals surface area contributed by atoms with Gasteiger partial charge in [-0.15, -0.1) is 0 Å². The van der Waals surface area contributed by atoms with Crippen LogP contribution in [0.1, 0.15) is 111 Å². The van der Waals surface area contributed by atoms with E-state index in [0.717, 1.165) is 42.4 Å². The first-order valence-corrected chi connectivity index (χ1v) is 15.8. The third kappa shape index (κ3) is 4.24. The number of benzene rings is 1. The van der Waals surface area contributed by atoms with Crippen molar-refractivity contribution in [2.45, 2.75) is 111 Å². The molecule has 0 amide bonds. The van der Waals surface area contributed by atoms with Gasteiger partial charge in [-0.25, -0.2) is 4.63 Å². The zero-order valence-corrected chi connectivity index (χ0v) is 25.0. The molecule has 1 aromatic heterocycles. The predicted molar refractivity (Wildman–Crippen MR) is 155 cm³/mol. The fraction of sp³-hybridized carbons (Fsp3) is 0.758. The third-order valence-corrected chi connectivity index (χ3v) is 12.5. The van der Waals surface area contributed by atoms with Gasteiger partial charge in [-0.2, -0.15) is 0 Å². The molecular formula is C33H47N3O4. The summed E-state index contributed by atoms with van der Waals surface area (Å²) in [5.74, 6) is 4.65. The van der Waals surface area contributed by atoms with Crippen molar-refractivity contribution in [1.29, 1.82) is 0 Å². The fourth-order valence-corrected chi connectivity index (χ4v) is 10.3. The van der Waals surface area contributed by atoms with Crippen molar-refractivity contribution in [2.24, 2.45) is 46.3 Å². The molecule has 3 saturated carbocycles. The van der Waals surface area contributed by atoms with Crippen molar-refractivity contribution in [3.8, 4) is 0 Å². The van der Waals surface area contributed by atoms with Crippen molar-refractivity contribution in [2.75, 3.05) is 0 Å². The molecule has 1 unspecified atom stereocenters. The summed E-state index contributed by atoms with van der Waals surface area (Å²) >= 11 is 0. The Balaban J connectivity index is 1.23. The van der Waals surface area contributed by atoms with Crippen LogP contribution in [-0.2, 0) is 5.60 Å². The molecule has 218 valence electrons. The molecule has 0 spiro atoms. The molecule has 0 saturated heterocycles. The van der Waals surface area contributed by atoms with Crippen LogP contribution in [0.3, 0.4) is 0 Å². The highest BCUT2D eigenvalue weighted by Gasteiger charge is 2.60. The molecule has 0 radical (unpaired) electrons. The van der Waals surface area contributed by atoms with Crippen LogP contribution < -0.4 is 0 Å². The topological polar surface area (TPSA) is 102 Å². The molecule has 6 rings (SSSR count). The van der Waals surface area contributed by atoms with Gasteiger partial charge >= 0.3 is 5.69 Å². The van der Waals surface area contributed by atoms with Crippen LogP contribution in [0.2, 0.25) is 0 Å². The van der Waals surface area contributed by atoms with Gasteiger partial charge in [0.25, 0.3) is 0 Å². The maximum absolute atomic E-state index is 12.0. The SMILES string of the molecule is CC(C)CCC[C@@H](C)[C@H]1CC[C@H]2[C@@H]3CC=C4CC(O)(c5ccc([N+](=O)[O-])c6nonc56)CC[C@]4(C)[C@H]3CC[C@]12C. The smallest absolute Gasteiger partial charge is 0.300 e. The van der Waals surface area contributed by atoms with Gasteiger partial charge in [0.15, 0.2) is 0 Å². The second-order valence-corrected chi connectivity index (χ2v) is 14.8. The highest BCUT2D eigenvalue weighted by Crippen LogP contribution is 2.68. The zero-order chi connectivity index (χ0) is 28.4. The zero-order valence-electron chi connectivity index (χ0n) is 25.0. The van der Waals surface area contributed by atoms with Crippen LogP contribution >= 0.6 is 0 Å². The number of aromatic nitrogens is 2. The molecule has 2 aromatic rings. The average Bonchev–Trinajstić information content (AvgIpc) is 3.53. The molecule has 3 fully saturated rings. The summed E-state index contributed by atoms with van der Waals surface area (Å²) in [6, 6.07) is 3.09. The number of nitrogens with zero attached hydrogens (tertiary/aromatic N) is 3. The Morgan fingerprint density at radius 1 is 1.05 bits per heavy atom. The van der Waals surface area contributed by atoms with Gasteiger partial charge in [0.05, 0.1) is 10.5 Å². The number of allylic oxidation sites excluding steroid dienone is 1. The summed E-state index contributed by atoms with van der Waals surface area (Å²) in [6.45, 7) is 12.3. The second kappa shape index (κ2) is 9.92. The van der Waals surface area contributed by atoms with E-state index in [2.05, 4.69) is 51.0 Å². The van der Waals surface area contributed by atoms with Gasteiger partial charge in [0.2, 0.25) is 5.52 Å². The van der Waals surface area contributed by atoms with E-state index in [-0.39, 0.29) is 16.6 Å². The van der Waals surface area contributed by atoms with Crippen LogP contribution in [0.4, 0.5) is 5.69 Å². The summed E-state index contributed by atoms with van der Waals surface area (Å²) in [6.07, 6.45) is 15.1. The molecule has 40 heavy (non-hydrogen) atoms. The monoisotopic (exact) mass is 549 g/mol. The number of nitro benzene ring substituents is 1. The maximum atomic E-state index is 12.0. The van der Waals surface area contributed by atoms with Crippen molar-refractivity contribution in [3.05, 3.63) is 39.5 Å². The number of nitro groups is 1. The van der Waals surface area contributed by atoms with E-state index in [0.29, 0.717) is 35.3 Å². The minimum atomic E-state index is -1.13. The quantitative estimate of drug-likeness (QED) is 0.211. The number of non-ortho nitro benzene ring substituents is 1. The number of hydrogen-bond acceptors (Lipinski definition) is 6. The van der Waals surface area contributed by atoms with Gasteiger partial charge in [0.1, 0.15) is 5.52 Å². The maximum Gasteiger partial charge on any atom is 0.300 e. The molecule has 8 atom stereocenters. The van der Waals surface area contributed by atoms with Gasteiger partial charge in [-0.05, 0) is 108 Å². The molecule has 1 N–H and O–H groups in total. The Kier molecular flexibility index (Phi) is 6.91. The summed E-state index contributed by atoms with van der Waals surface area (Å²) in [7, 11) is 0. The summed E-state index contributed by atoms with van der Waals surface area (Å²) < 4.78 is 4.91. The number of aliphatic hydroxyl groups is 1. The second-order valence-electron chi connectivity index (χ2n) is 14.8. The van der Waals surface area contributed by atoms with Crippen molar-refractivity contribution >= 4 is 16.7 Å². The van der Waals surface area contributed by atoms with E-state index in [1.54, 1.807) is 6.07 Å². The van der Waals surface area contributed by atoms with Crippen LogP contribution in [0.5, 0.6) is 0 Å². The van der Waals surface area contributed by atoms with Crippen molar-refractivity contribution in [1.82, 2.24) is 10.3 Å². The molecule has 0 bridgehead atoms. The van der Waals surface area contributed by atoms with Crippen LogP contribution in [0.15, 0.2) is 28.4 Å². The first-order chi connectivity index (χ1) is 19.0. The lowest BCUT2D eigenvalue weighted by Crippen LogP contribution is -2.52. The summed E-state index contributed by atoms with van der Waals surface area (Å²) in [4.78, 5) is 11.0. The van der Waals surface area contributed by atoms with Crippen molar-refractivity contribution in [3.63, 3.8) is 0 Å². The molecular weight excluding hydrogens is 502 g/mol. The minimum absolute atomic E-state index is 0.0966. The fourth-order valence-electron chi connectivity index (χ4n) is 10.3. The van der Waals surface area contributed by atoms with Crippen LogP contribution in [0, 0.1) is 56.5 Å². The van der Waals surface area contributed by atoms with Crippen LogP contribution in [0.25, 0.3) is 11.0 Å². The molecule has 7 heteroatoms. The number of fused-ring (bicyclic) bond motifs is 6. The lowest BCUT2D eigenvalue weighted by Gasteiger charge is -2.59. The van der Waals surface area contributed by atoms with E-state index in [1.807, 2.05) is 0 Å². The Labute approximate surface area is 238 Å². The lowest BCUT2D eigenvalue weighted by atomic mass is 9.46. The molecule has 0 aliphatic heterocycles. The lowest BCUT2D eigenvalue weighted by molar-refractivity contribution is -0.383. The number of hydrogen-bond donors (Lipinski definition) is 1. The average molecular weight is 550 g/mol. The Hall–Kier alpha value is -2.28. The summed E-state index contributed by atoms with van der Waals surface area (Å²) in [5, 5.41) is 31.3. The molecule has 1 heterocycles. The minimum Gasteiger partial charge on any atom is -0.385 e. The van der Waals surface area contributed by atoms with Gasteiger partial charge in [-0.3, -0.25) is 10.1 Å². The molecule has 7 nitrogen and oxygen atoms in total. The first kappa shape index (κ1) is 27.9. The van der Waals surface area contributed by atoms with Gasteiger partial charge < -0.3 is 5.11 Å². The van der Waals surface area contributed by atoms with Gasteiger partial charge in [0, 0.05) is 18.1 Å². The summed E-state index contributed by atoms with van der Waals surface area (Å²) in [5.41, 5.74) is 1.67. The molecule has 1 aromatic carbocycles. The van der Waals surface area contributed by atoms with Crippen LogP contribution in [-0.4, -0.2) is 20.3 Å². The Bertz CT molecular complexity index is 1320. The predicted octanol–water partition coefficient (Wildman–Crippen LogP) is 8.36. The molecule has 4 aliphatic carbocycles. The first-order valence-electron chi connectivity index (χ1n) is 15.8. The Morgan fingerprint density at radius 2 is 1.82 bits per heavy atom. The highest BCUT2D eigenvalue weighted by molar-refractivity contribution is 5.86. The largest absolute Gasteiger partial charge is 0.385 e. The molecule has 4 aliphatic rings. The van der Waals surface area contributed by atoms with E-state index in [4.69, 9.17) is 4.63 Å². The van der Waals surface area contributed by atoms with E-state index in [1.165, 1.54) is 56.6 Å². The highest BCUT2D eigenvalue weighted by atomic mass is 16.6. The van der Waals surface area contributed by atoms with E-state index < -0.39 is 10.5 Å². The third-order valence-electron chi connectivity index (χ3n) is 12.5. The van der Waals surface area contributed by atoms with E-state index >= 15 is 0 Å². The van der Waals surface area contributed by atoms with E-state index in [9.17, 15) is 15.2 Å². The number of rotatable bonds is 7.